The van der Waals surface area contributed by atoms with Crippen LogP contribution in [-0.2, 0) is 0 Å². The van der Waals surface area contributed by atoms with E-state index in [0.717, 1.165) is 12.8 Å². The van der Waals surface area contributed by atoms with Gasteiger partial charge >= 0.3 is 6.03 Å². The van der Waals surface area contributed by atoms with Crippen molar-refractivity contribution in [3.8, 4) is 0 Å². The molecule has 3 N–H and O–H groups in total. The number of aliphatic hydroxyl groups is 1. The summed E-state index contributed by atoms with van der Waals surface area (Å²) in [6.07, 6.45) is 3.97. The number of urea groups is 1. The van der Waals surface area contributed by atoms with Crippen molar-refractivity contribution < 1.29 is 14.3 Å². The predicted molar refractivity (Wildman–Crippen MR) is 73.8 cm³/mol. The number of carbonyl (C=O) groups excluding carboxylic acids is 1. The number of unbranched alkanes of at least 4 members (excludes halogenated alkanes) is 1. The van der Waals surface area contributed by atoms with Gasteiger partial charge in [-0.1, -0.05) is 26.7 Å². The molecule has 5 nitrogen and oxygen atoms in total. The monoisotopic (exact) mass is 268 g/mol. The van der Waals surface area contributed by atoms with Crippen molar-refractivity contribution in [1.82, 2.24) is 10.6 Å². The van der Waals surface area contributed by atoms with Gasteiger partial charge < -0.3 is 20.2 Å². The molecule has 0 aliphatic carbocycles. The number of rotatable bonds is 8. The van der Waals surface area contributed by atoms with Crippen molar-refractivity contribution in [3.05, 3.63) is 24.2 Å². The predicted octanol–water partition coefficient (Wildman–Crippen LogP) is 2.44. The minimum atomic E-state index is -0.804. The van der Waals surface area contributed by atoms with Crippen molar-refractivity contribution in [2.24, 2.45) is 5.92 Å². The number of amides is 2. The van der Waals surface area contributed by atoms with Crippen molar-refractivity contribution in [2.75, 3.05) is 13.1 Å². The summed E-state index contributed by atoms with van der Waals surface area (Å²) in [6, 6.07) is 3.12. The third-order valence-corrected chi connectivity index (χ3v) is 2.82. The average Bonchev–Trinajstić information content (AvgIpc) is 2.89. The van der Waals surface area contributed by atoms with Gasteiger partial charge in [-0.3, -0.25) is 0 Å². The summed E-state index contributed by atoms with van der Waals surface area (Å²) in [5.41, 5.74) is 0. The van der Waals surface area contributed by atoms with Crippen molar-refractivity contribution in [1.29, 1.82) is 0 Å². The minimum absolute atomic E-state index is 0.144. The van der Waals surface area contributed by atoms with Crippen LogP contribution in [0, 0.1) is 5.92 Å². The van der Waals surface area contributed by atoms with Gasteiger partial charge in [0.15, 0.2) is 0 Å². The number of furan rings is 1. The molecule has 0 spiro atoms. The molecule has 0 aliphatic heterocycles. The van der Waals surface area contributed by atoms with E-state index in [1.54, 1.807) is 12.1 Å². The molecule has 0 saturated heterocycles. The highest BCUT2D eigenvalue weighted by molar-refractivity contribution is 5.73. The fourth-order valence-electron chi connectivity index (χ4n) is 1.71. The standard InChI is InChI=1S/C14H24N2O3/c1-11(2)6-3-4-8-15-14(18)16-10-12(17)13-7-5-9-19-13/h5,7,9,11-12,17H,3-4,6,8,10H2,1-2H3,(H2,15,16,18). The van der Waals surface area contributed by atoms with Gasteiger partial charge in [0.2, 0.25) is 0 Å². The second-order valence-electron chi connectivity index (χ2n) is 5.06. The Morgan fingerprint density at radius 2 is 2.16 bits per heavy atom. The van der Waals surface area contributed by atoms with Crippen molar-refractivity contribution in [3.63, 3.8) is 0 Å². The fraction of sp³-hybridized carbons (Fsp3) is 0.643. The van der Waals surface area contributed by atoms with Gasteiger partial charge in [-0.05, 0) is 24.5 Å². The molecule has 2 amide bonds. The quantitative estimate of drug-likeness (QED) is 0.634. The Morgan fingerprint density at radius 3 is 2.79 bits per heavy atom. The second kappa shape index (κ2) is 8.58. The highest BCUT2D eigenvalue weighted by atomic mass is 16.4. The summed E-state index contributed by atoms with van der Waals surface area (Å²) in [5.74, 6) is 1.16. The van der Waals surface area contributed by atoms with E-state index in [1.807, 2.05) is 0 Å². The van der Waals surface area contributed by atoms with E-state index in [2.05, 4.69) is 24.5 Å². The first kappa shape index (κ1) is 15.6. The smallest absolute Gasteiger partial charge is 0.314 e. The molecule has 5 heteroatoms. The summed E-state index contributed by atoms with van der Waals surface area (Å²) >= 11 is 0. The van der Waals surface area contributed by atoms with E-state index in [9.17, 15) is 9.90 Å². The third kappa shape index (κ3) is 6.86. The molecule has 1 aromatic heterocycles. The lowest BCUT2D eigenvalue weighted by Gasteiger charge is -2.11. The average molecular weight is 268 g/mol. The van der Waals surface area contributed by atoms with E-state index in [4.69, 9.17) is 4.42 Å². The molecular weight excluding hydrogens is 244 g/mol. The highest BCUT2D eigenvalue weighted by Crippen LogP contribution is 2.11. The van der Waals surface area contributed by atoms with Gasteiger partial charge in [0, 0.05) is 6.54 Å². The fourth-order valence-corrected chi connectivity index (χ4v) is 1.71. The van der Waals surface area contributed by atoms with Gasteiger partial charge in [0.1, 0.15) is 11.9 Å². The van der Waals surface area contributed by atoms with Gasteiger partial charge in [-0.2, -0.15) is 0 Å². The maximum atomic E-state index is 11.5. The number of hydrogen-bond donors (Lipinski definition) is 3. The summed E-state index contributed by atoms with van der Waals surface area (Å²) in [7, 11) is 0. The highest BCUT2D eigenvalue weighted by Gasteiger charge is 2.11. The van der Waals surface area contributed by atoms with Crippen LogP contribution in [0.2, 0.25) is 0 Å². The van der Waals surface area contributed by atoms with Crippen LogP contribution in [0.25, 0.3) is 0 Å². The number of carbonyl (C=O) groups is 1. The van der Waals surface area contributed by atoms with E-state index in [-0.39, 0.29) is 12.6 Å². The lowest BCUT2D eigenvalue weighted by Crippen LogP contribution is -2.38. The molecule has 1 unspecified atom stereocenters. The van der Waals surface area contributed by atoms with Crippen LogP contribution < -0.4 is 10.6 Å². The number of aliphatic hydroxyl groups excluding tert-OH is 1. The Balaban J connectivity index is 2.05. The van der Waals surface area contributed by atoms with Crippen molar-refractivity contribution >= 4 is 6.03 Å². The molecule has 1 atom stereocenters. The Bertz CT molecular complexity index is 350. The minimum Gasteiger partial charge on any atom is -0.467 e. The molecule has 108 valence electrons. The molecule has 0 saturated carbocycles. The van der Waals surface area contributed by atoms with Gasteiger partial charge in [0.05, 0.1) is 12.8 Å². The topological polar surface area (TPSA) is 74.5 Å². The maximum Gasteiger partial charge on any atom is 0.314 e. The lowest BCUT2D eigenvalue weighted by atomic mass is 10.1. The molecular formula is C14H24N2O3. The normalized spacial score (nSPS) is 12.4. The van der Waals surface area contributed by atoms with Crippen LogP contribution in [0.5, 0.6) is 0 Å². The van der Waals surface area contributed by atoms with Crippen LogP contribution in [0.1, 0.15) is 45.0 Å². The second-order valence-corrected chi connectivity index (χ2v) is 5.06. The van der Waals surface area contributed by atoms with Crippen LogP contribution in [-0.4, -0.2) is 24.2 Å². The zero-order valence-electron chi connectivity index (χ0n) is 11.7. The summed E-state index contributed by atoms with van der Waals surface area (Å²) in [4.78, 5) is 11.5. The Morgan fingerprint density at radius 1 is 1.37 bits per heavy atom. The van der Waals surface area contributed by atoms with E-state index < -0.39 is 6.10 Å². The molecule has 0 aliphatic rings. The van der Waals surface area contributed by atoms with Crippen LogP contribution in [0.15, 0.2) is 22.8 Å². The number of hydrogen-bond acceptors (Lipinski definition) is 3. The first-order valence-corrected chi connectivity index (χ1v) is 6.82. The zero-order valence-corrected chi connectivity index (χ0v) is 11.7. The molecule has 0 fully saturated rings. The summed E-state index contributed by atoms with van der Waals surface area (Å²) in [5, 5.41) is 15.1. The molecule has 0 aromatic carbocycles. The molecule has 1 rings (SSSR count). The van der Waals surface area contributed by atoms with Crippen molar-refractivity contribution in [2.45, 2.75) is 39.2 Å². The van der Waals surface area contributed by atoms with Gasteiger partial charge in [-0.15, -0.1) is 0 Å². The maximum absolute atomic E-state index is 11.5. The molecule has 0 radical (unpaired) electrons. The third-order valence-electron chi connectivity index (χ3n) is 2.82. The zero-order chi connectivity index (χ0) is 14.1. The van der Waals surface area contributed by atoms with E-state index in [0.29, 0.717) is 18.2 Å². The van der Waals surface area contributed by atoms with Crippen LogP contribution in [0.4, 0.5) is 4.79 Å². The Kier molecular flexibility index (Phi) is 7.03. The summed E-state index contributed by atoms with van der Waals surface area (Å²) in [6.45, 7) is 5.19. The first-order chi connectivity index (χ1) is 9.09. The number of nitrogens with one attached hydrogen (secondary N) is 2. The summed E-state index contributed by atoms with van der Waals surface area (Å²) < 4.78 is 5.04. The molecule has 19 heavy (non-hydrogen) atoms. The molecule has 1 heterocycles. The largest absolute Gasteiger partial charge is 0.467 e. The Hall–Kier alpha value is -1.49. The van der Waals surface area contributed by atoms with Gasteiger partial charge in [0.25, 0.3) is 0 Å². The SMILES string of the molecule is CC(C)CCCCNC(=O)NCC(O)c1ccco1. The molecule has 0 bridgehead atoms. The lowest BCUT2D eigenvalue weighted by molar-refractivity contribution is 0.148. The van der Waals surface area contributed by atoms with E-state index >= 15 is 0 Å². The van der Waals surface area contributed by atoms with Gasteiger partial charge in [-0.25, -0.2) is 4.79 Å². The van der Waals surface area contributed by atoms with Crippen LogP contribution >= 0.6 is 0 Å². The Labute approximate surface area is 114 Å². The van der Waals surface area contributed by atoms with E-state index in [1.165, 1.54) is 12.7 Å². The molecule has 1 aromatic rings. The van der Waals surface area contributed by atoms with Crippen LogP contribution in [0.3, 0.4) is 0 Å². The first-order valence-electron chi connectivity index (χ1n) is 6.82.